The quantitative estimate of drug-likeness (QED) is 0.504. The summed E-state index contributed by atoms with van der Waals surface area (Å²) in [5.74, 6) is 2.35. The monoisotopic (exact) mass is 139 g/mol. The molecule has 0 aromatic rings. The van der Waals surface area contributed by atoms with Crippen LogP contribution < -0.4 is 0 Å². The first-order valence-electron chi connectivity index (χ1n) is 4.82. The summed E-state index contributed by atoms with van der Waals surface area (Å²) >= 11 is 0. The first-order valence-corrected chi connectivity index (χ1v) is 3.32. The standard InChI is InChI=1S/C9H12O/c1-3-8-6-9(10)5-4-7(8)2/h1,9-10H,4-6H2,2H3/i2D3. The van der Waals surface area contributed by atoms with Crippen LogP contribution in [0.1, 0.15) is 30.2 Å². The molecule has 1 aliphatic rings. The molecular formula is C9H12O. The zero-order valence-corrected chi connectivity index (χ0v) is 5.72. The number of rotatable bonds is 0. The SMILES string of the molecule is [2H]C([2H])([2H])C1=C(C#C)CC(O)CC1. The van der Waals surface area contributed by atoms with Gasteiger partial charge < -0.3 is 5.11 Å². The predicted octanol–water partition coefficient (Wildman–Crippen LogP) is 1.48. The van der Waals surface area contributed by atoms with Gasteiger partial charge in [-0.1, -0.05) is 11.5 Å². The number of aliphatic hydroxyl groups is 1. The van der Waals surface area contributed by atoms with Gasteiger partial charge in [0.05, 0.1) is 6.10 Å². The summed E-state index contributed by atoms with van der Waals surface area (Å²) in [4.78, 5) is 0. The van der Waals surface area contributed by atoms with E-state index in [-0.39, 0.29) is 0 Å². The summed E-state index contributed by atoms with van der Waals surface area (Å²) in [5.41, 5.74) is 0.805. The lowest BCUT2D eigenvalue weighted by Crippen LogP contribution is -2.13. The first-order chi connectivity index (χ1) is 5.95. The van der Waals surface area contributed by atoms with Crippen molar-refractivity contribution < 1.29 is 9.22 Å². The second-order valence-electron chi connectivity index (χ2n) is 2.50. The highest BCUT2D eigenvalue weighted by Gasteiger charge is 2.14. The van der Waals surface area contributed by atoms with E-state index in [0.29, 0.717) is 30.4 Å². The maximum Gasteiger partial charge on any atom is 0.0589 e. The van der Waals surface area contributed by atoms with Gasteiger partial charge in [0, 0.05) is 16.1 Å². The van der Waals surface area contributed by atoms with Crippen LogP contribution in [0.5, 0.6) is 0 Å². The van der Waals surface area contributed by atoms with E-state index in [0.717, 1.165) is 0 Å². The third-order valence-electron chi connectivity index (χ3n) is 1.71. The molecule has 0 saturated heterocycles. The van der Waals surface area contributed by atoms with E-state index in [1.807, 2.05) is 0 Å². The largest absolute Gasteiger partial charge is 0.393 e. The summed E-state index contributed by atoms with van der Waals surface area (Å²) < 4.78 is 21.7. The molecule has 1 unspecified atom stereocenters. The maximum atomic E-state index is 9.28. The predicted molar refractivity (Wildman–Crippen MR) is 41.4 cm³/mol. The van der Waals surface area contributed by atoms with Crippen LogP contribution in [0.3, 0.4) is 0 Å². The second-order valence-corrected chi connectivity index (χ2v) is 2.50. The minimum atomic E-state index is -2.10. The summed E-state index contributed by atoms with van der Waals surface area (Å²) in [5, 5.41) is 9.28. The Morgan fingerprint density at radius 2 is 2.70 bits per heavy atom. The molecule has 0 spiro atoms. The van der Waals surface area contributed by atoms with Crippen LogP contribution in [-0.2, 0) is 0 Å². The van der Waals surface area contributed by atoms with E-state index in [1.165, 1.54) is 0 Å². The molecular weight excluding hydrogens is 124 g/mol. The Hall–Kier alpha value is -0.740. The molecule has 1 nitrogen and oxygen atoms in total. The van der Waals surface area contributed by atoms with Crippen LogP contribution in [-0.4, -0.2) is 11.2 Å². The Morgan fingerprint density at radius 1 is 1.90 bits per heavy atom. The van der Waals surface area contributed by atoms with Gasteiger partial charge in [0.15, 0.2) is 0 Å². The van der Waals surface area contributed by atoms with E-state index < -0.39 is 13.0 Å². The fraction of sp³-hybridized carbons (Fsp3) is 0.556. The molecule has 1 heteroatoms. The second kappa shape index (κ2) is 2.90. The fourth-order valence-corrected chi connectivity index (χ4v) is 1.07. The van der Waals surface area contributed by atoms with Crippen molar-refractivity contribution in [1.29, 1.82) is 0 Å². The van der Waals surface area contributed by atoms with Crippen LogP contribution in [0, 0.1) is 12.3 Å². The molecule has 0 bridgehead atoms. The Bertz CT molecular complexity index is 270. The number of hydrogen-bond acceptors (Lipinski definition) is 1. The van der Waals surface area contributed by atoms with Gasteiger partial charge in [-0.15, -0.1) is 6.42 Å². The Labute approximate surface area is 66.0 Å². The molecule has 0 amide bonds. The first kappa shape index (κ1) is 4.20. The smallest absolute Gasteiger partial charge is 0.0589 e. The number of allylic oxidation sites excluding steroid dienone is 1. The van der Waals surface area contributed by atoms with Crippen molar-refractivity contribution in [3.8, 4) is 12.3 Å². The Morgan fingerprint density at radius 3 is 3.30 bits per heavy atom. The average molecular weight is 139 g/mol. The third-order valence-corrected chi connectivity index (χ3v) is 1.71. The zero-order valence-electron chi connectivity index (χ0n) is 8.72. The number of hydrogen-bond donors (Lipinski definition) is 1. The Balaban J connectivity index is 2.99. The van der Waals surface area contributed by atoms with Crippen LogP contribution >= 0.6 is 0 Å². The molecule has 0 saturated carbocycles. The molecule has 1 aliphatic carbocycles. The molecule has 0 aliphatic heterocycles. The number of terminal acetylenes is 1. The molecule has 0 heterocycles. The molecule has 1 atom stereocenters. The zero-order chi connectivity index (χ0) is 10.1. The summed E-state index contributed by atoms with van der Waals surface area (Å²) in [6.07, 6.45) is 5.90. The van der Waals surface area contributed by atoms with Crippen LogP contribution in [0.2, 0.25) is 0 Å². The van der Waals surface area contributed by atoms with E-state index in [4.69, 9.17) is 10.5 Å². The van der Waals surface area contributed by atoms with Gasteiger partial charge in [0.25, 0.3) is 0 Å². The van der Waals surface area contributed by atoms with E-state index >= 15 is 0 Å². The average Bonchev–Trinajstić information content (AvgIpc) is 2.01. The molecule has 0 aromatic heterocycles. The summed E-state index contributed by atoms with van der Waals surface area (Å²) in [7, 11) is 0. The van der Waals surface area contributed by atoms with Gasteiger partial charge in [-0.05, 0) is 19.7 Å². The Kier molecular flexibility index (Phi) is 1.22. The highest BCUT2D eigenvalue weighted by molar-refractivity contribution is 5.32. The molecule has 1 N–H and O–H groups in total. The highest BCUT2D eigenvalue weighted by Crippen LogP contribution is 2.23. The highest BCUT2D eigenvalue weighted by atomic mass is 16.3. The molecule has 0 fully saturated rings. The minimum absolute atomic E-state index is 0.310. The van der Waals surface area contributed by atoms with Crippen LogP contribution in [0.25, 0.3) is 0 Å². The van der Waals surface area contributed by atoms with Crippen LogP contribution in [0.4, 0.5) is 0 Å². The van der Waals surface area contributed by atoms with Crippen molar-refractivity contribution in [3.05, 3.63) is 11.1 Å². The van der Waals surface area contributed by atoms with Crippen molar-refractivity contribution in [3.63, 3.8) is 0 Å². The molecule has 0 aromatic carbocycles. The summed E-state index contributed by atoms with van der Waals surface area (Å²) in [6, 6.07) is 0. The van der Waals surface area contributed by atoms with Gasteiger partial charge >= 0.3 is 0 Å². The molecule has 0 radical (unpaired) electrons. The van der Waals surface area contributed by atoms with Gasteiger partial charge in [-0.2, -0.15) is 0 Å². The van der Waals surface area contributed by atoms with Gasteiger partial charge in [-0.3, -0.25) is 0 Å². The van der Waals surface area contributed by atoms with E-state index in [1.54, 1.807) is 0 Å². The fourth-order valence-electron chi connectivity index (χ4n) is 1.07. The van der Waals surface area contributed by atoms with Crippen molar-refractivity contribution in [1.82, 2.24) is 0 Å². The molecule has 1 rings (SSSR count). The normalized spacial score (nSPS) is 32.0. The molecule has 54 valence electrons. The topological polar surface area (TPSA) is 20.2 Å². The molecule has 10 heavy (non-hydrogen) atoms. The van der Waals surface area contributed by atoms with Crippen molar-refractivity contribution in [2.75, 3.05) is 0 Å². The van der Waals surface area contributed by atoms with Crippen molar-refractivity contribution in [2.24, 2.45) is 0 Å². The van der Waals surface area contributed by atoms with Gasteiger partial charge in [-0.25, -0.2) is 0 Å². The van der Waals surface area contributed by atoms with Crippen molar-refractivity contribution >= 4 is 0 Å². The minimum Gasteiger partial charge on any atom is -0.393 e. The van der Waals surface area contributed by atoms with Crippen LogP contribution in [0.15, 0.2) is 11.1 Å². The van der Waals surface area contributed by atoms with Gasteiger partial charge in [0.1, 0.15) is 0 Å². The van der Waals surface area contributed by atoms with E-state index in [9.17, 15) is 5.11 Å². The lowest BCUT2D eigenvalue weighted by Gasteiger charge is -2.18. The maximum absolute atomic E-state index is 9.28. The number of aliphatic hydroxyl groups excluding tert-OH is 1. The van der Waals surface area contributed by atoms with Crippen molar-refractivity contribution in [2.45, 2.75) is 32.2 Å². The third kappa shape index (κ3) is 1.40. The lowest BCUT2D eigenvalue weighted by atomic mass is 9.91. The lowest BCUT2D eigenvalue weighted by molar-refractivity contribution is 0.160. The summed E-state index contributed by atoms with van der Waals surface area (Å²) in [6.45, 7) is -2.10. The van der Waals surface area contributed by atoms with E-state index in [2.05, 4.69) is 5.92 Å². The van der Waals surface area contributed by atoms with Gasteiger partial charge in [0.2, 0.25) is 0 Å².